The molecule has 0 unspecified atom stereocenters. The molecule has 0 aliphatic heterocycles. The fraction of sp³-hybridized carbons (Fsp3) is 0.529. The summed E-state index contributed by atoms with van der Waals surface area (Å²) >= 11 is 0. The minimum absolute atomic E-state index is 0.0816. The monoisotopic (exact) mass is 318 g/mol. The third-order valence-electron chi connectivity index (χ3n) is 3.61. The molecule has 23 heavy (non-hydrogen) atoms. The molecule has 0 saturated carbocycles. The lowest BCUT2D eigenvalue weighted by molar-refractivity contribution is 0.267. The second kappa shape index (κ2) is 6.56. The molecule has 0 fully saturated rings. The van der Waals surface area contributed by atoms with Crippen LogP contribution in [0.4, 0.5) is 4.39 Å². The van der Waals surface area contributed by atoms with E-state index in [4.69, 9.17) is 4.74 Å². The average Bonchev–Trinajstić information content (AvgIpc) is 2.47. The zero-order valence-corrected chi connectivity index (χ0v) is 14.3. The number of aromatic nitrogens is 4. The topological polar surface area (TPSA) is 60.8 Å². The Hall–Kier alpha value is -2.11. The van der Waals surface area contributed by atoms with E-state index in [2.05, 4.69) is 40.7 Å². The van der Waals surface area contributed by atoms with Crippen LogP contribution >= 0.6 is 0 Å². The van der Waals surface area contributed by atoms with E-state index in [0.717, 1.165) is 17.7 Å². The maximum absolute atomic E-state index is 12.9. The fourth-order valence-corrected chi connectivity index (χ4v) is 1.99. The molecule has 0 aromatic carbocycles. The SMILES string of the molecule is CC(C)(C)c1ncc(OCCC(C)(C)c2cnc(F)cn2)cn1. The minimum atomic E-state index is -0.572. The predicted octanol–water partition coefficient (Wildman–Crippen LogP) is 3.45. The van der Waals surface area contributed by atoms with Gasteiger partial charge in [-0.15, -0.1) is 0 Å². The Bertz CT molecular complexity index is 633. The zero-order chi connectivity index (χ0) is 17.1. The van der Waals surface area contributed by atoms with Crippen molar-refractivity contribution < 1.29 is 9.13 Å². The first-order valence-electron chi connectivity index (χ1n) is 7.62. The lowest BCUT2D eigenvalue weighted by atomic mass is 9.86. The molecule has 0 N–H and O–H groups in total. The Kier molecular flexibility index (Phi) is 4.92. The largest absolute Gasteiger partial charge is 0.490 e. The second-order valence-electron chi connectivity index (χ2n) is 7.20. The van der Waals surface area contributed by atoms with Crippen LogP contribution in [0.1, 0.15) is 52.6 Å². The van der Waals surface area contributed by atoms with Gasteiger partial charge in [-0.1, -0.05) is 34.6 Å². The Labute approximate surface area is 136 Å². The lowest BCUT2D eigenvalue weighted by Crippen LogP contribution is -2.22. The summed E-state index contributed by atoms with van der Waals surface area (Å²) < 4.78 is 18.6. The first-order chi connectivity index (χ1) is 10.7. The molecule has 0 radical (unpaired) electrons. The summed E-state index contributed by atoms with van der Waals surface area (Å²) in [6.07, 6.45) is 6.71. The molecule has 0 saturated heterocycles. The third kappa shape index (κ3) is 4.68. The maximum Gasteiger partial charge on any atom is 0.231 e. The van der Waals surface area contributed by atoms with E-state index in [1.807, 2.05) is 13.8 Å². The summed E-state index contributed by atoms with van der Waals surface area (Å²) in [5, 5.41) is 0. The summed E-state index contributed by atoms with van der Waals surface area (Å²) in [7, 11) is 0. The van der Waals surface area contributed by atoms with Crippen molar-refractivity contribution in [2.75, 3.05) is 6.61 Å². The molecule has 0 spiro atoms. The fourth-order valence-electron chi connectivity index (χ4n) is 1.99. The van der Waals surface area contributed by atoms with Crippen LogP contribution in [0, 0.1) is 5.95 Å². The van der Waals surface area contributed by atoms with Gasteiger partial charge in [0.1, 0.15) is 5.82 Å². The van der Waals surface area contributed by atoms with E-state index in [1.54, 1.807) is 12.4 Å². The summed E-state index contributed by atoms with van der Waals surface area (Å²) in [5.41, 5.74) is 0.399. The average molecular weight is 318 g/mol. The molecule has 2 aromatic rings. The van der Waals surface area contributed by atoms with Crippen LogP contribution in [0.2, 0.25) is 0 Å². The van der Waals surface area contributed by atoms with Crippen molar-refractivity contribution in [1.82, 2.24) is 19.9 Å². The Morgan fingerprint density at radius 1 is 0.913 bits per heavy atom. The molecule has 2 heterocycles. The molecular weight excluding hydrogens is 295 g/mol. The second-order valence-corrected chi connectivity index (χ2v) is 7.20. The first kappa shape index (κ1) is 17.2. The van der Waals surface area contributed by atoms with Gasteiger partial charge in [-0.25, -0.2) is 15.0 Å². The van der Waals surface area contributed by atoms with Gasteiger partial charge in [0.25, 0.3) is 0 Å². The van der Waals surface area contributed by atoms with Crippen LogP contribution in [0.3, 0.4) is 0 Å². The number of rotatable bonds is 5. The van der Waals surface area contributed by atoms with E-state index < -0.39 is 5.95 Å². The number of ether oxygens (including phenoxy) is 1. The number of nitrogens with zero attached hydrogens (tertiary/aromatic N) is 4. The van der Waals surface area contributed by atoms with Gasteiger partial charge in [-0.2, -0.15) is 4.39 Å². The van der Waals surface area contributed by atoms with E-state index in [9.17, 15) is 4.39 Å². The Balaban J connectivity index is 1.92. The van der Waals surface area contributed by atoms with Gasteiger partial charge in [-0.3, -0.25) is 4.98 Å². The van der Waals surface area contributed by atoms with E-state index >= 15 is 0 Å². The molecule has 0 bridgehead atoms. The summed E-state index contributed by atoms with van der Waals surface area (Å²) in [4.78, 5) is 16.4. The van der Waals surface area contributed by atoms with Crippen LogP contribution < -0.4 is 4.74 Å². The van der Waals surface area contributed by atoms with E-state index in [-0.39, 0.29) is 10.8 Å². The van der Waals surface area contributed by atoms with Gasteiger partial charge < -0.3 is 4.74 Å². The Morgan fingerprint density at radius 3 is 2.09 bits per heavy atom. The van der Waals surface area contributed by atoms with Crippen LogP contribution in [0.25, 0.3) is 0 Å². The number of halogens is 1. The standard InChI is InChI=1S/C17H23FN4O/c1-16(2,3)15-21-8-12(9-22-15)23-7-6-17(4,5)13-10-20-14(18)11-19-13/h8-11H,6-7H2,1-5H3. The Morgan fingerprint density at radius 2 is 1.57 bits per heavy atom. The van der Waals surface area contributed by atoms with Crippen molar-refractivity contribution in [2.45, 2.75) is 51.9 Å². The van der Waals surface area contributed by atoms with Crippen molar-refractivity contribution in [2.24, 2.45) is 0 Å². The summed E-state index contributed by atoms with van der Waals surface area (Å²) in [5.74, 6) is 0.850. The van der Waals surface area contributed by atoms with Gasteiger partial charge in [-0.05, 0) is 6.42 Å². The molecule has 2 aromatic heterocycles. The van der Waals surface area contributed by atoms with Crippen molar-refractivity contribution in [3.05, 3.63) is 42.3 Å². The van der Waals surface area contributed by atoms with Crippen molar-refractivity contribution in [3.8, 4) is 5.75 Å². The highest BCUT2D eigenvalue weighted by molar-refractivity contribution is 5.15. The van der Waals surface area contributed by atoms with Gasteiger partial charge in [0.2, 0.25) is 5.95 Å². The van der Waals surface area contributed by atoms with Gasteiger partial charge in [0.15, 0.2) is 5.75 Å². The maximum atomic E-state index is 12.9. The minimum Gasteiger partial charge on any atom is -0.490 e. The van der Waals surface area contributed by atoms with Crippen LogP contribution in [0.5, 0.6) is 5.75 Å². The molecule has 0 aliphatic carbocycles. The van der Waals surface area contributed by atoms with E-state index in [1.165, 1.54) is 6.20 Å². The quantitative estimate of drug-likeness (QED) is 0.845. The summed E-state index contributed by atoms with van der Waals surface area (Å²) in [6.45, 7) is 10.7. The van der Waals surface area contributed by atoms with Crippen LogP contribution in [0.15, 0.2) is 24.8 Å². The number of hydrogen-bond donors (Lipinski definition) is 0. The lowest BCUT2D eigenvalue weighted by Gasteiger charge is -2.23. The van der Waals surface area contributed by atoms with Crippen molar-refractivity contribution >= 4 is 0 Å². The van der Waals surface area contributed by atoms with Gasteiger partial charge in [0, 0.05) is 10.8 Å². The molecule has 124 valence electrons. The molecule has 0 amide bonds. The van der Waals surface area contributed by atoms with Gasteiger partial charge in [0.05, 0.1) is 37.1 Å². The molecule has 5 nitrogen and oxygen atoms in total. The molecular formula is C17H23FN4O. The summed E-state index contributed by atoms with van der Waals surface area (Å²) in [6, 6.07) is 0. The third-order valence-corrected chi connectivity index (χ3v) is 3.61. The van der Waals surface area contributed by atoms with Crippen molar-refractivity contribution in [3.63, 3.8) is 0 Å². The van der Waals surface area contributed by atoms with Gasteiger partial charge >= 0.3 is 0 Å². The molecule has 0 atom stereocenters. The van der Waals surface area contributed by atoms with Crippen molar-refractivity contribution in [1.29, 1.82) is 0 Å². The molecule has 2 rings (SSSR count). The zero-order valence-electron chi connectivity index (χ0n) is 14.3. The molecule has 6 heteroatoms. The highest BCUT2D eigenvalue weighted by Gasteiger charge is 2.23. The molecule has 0 aliphatic rings. The number of hydrogen-bond acceptors (Lipinski definition) is 5. The first-order valence-corrected chi connectivity index (χ1v) is 7.62. The van der Waals surface area contributed by atoms with E-state index in [0.29, 0.717) is 18.8 Å². The highest BCUT2D eigenvalue weighted by Crippen LogP contribution is 2.25. The van der Waals surface area contributed by atoms with Crippen LogP contribution in [-0.4, -0.2) is 26.5 Å². The highest BCUT2D eigenvalue weighted by atomic mass is 19.1. The smallest absolute Gasteiger partial charge is 0.231 e. The predicted molar refractivity (Wildman–Crippen MR) is 85.9 cm³/mol. The van der Waals surface area contributed by atoms with Crippen LogP contribution in [-0.2, 0) is 10.8 Å². The normalized spacial score (nSPS) is 12.3.